The molecule has 1 N–H and O–H groups in total. The van der Waals surface area contributed by atoms with E-state index < -0.39 is 32.0 Å². The Hall–Kier alpha value is -2.94. The van der Waals surface area contributed by atoms with Gasteiger partial charge in [-0.2, -0.15) is 0 Å². The number of benzene rings is 2. The van der Waals surface area contributed by atoms with Gasteiger partial charge in [0.25, 0.3) is 10.0 Å². The van der Waals surface area contributed by atoms with Crippen molar-refractivity contribution in [2.45, 2.75) is 18.7 Å². The maximum absolute atomic E-state index is 13.9. The molecule has 2 aromatic rings. The number of halogens is 2. The number of carbonyl (C=O) groups excluding carboxylic acids is 1. The van der Waals surface area contributed by atoms with Crippen LogP contribution in [0.2, 0.25) is 0 Å². The fourth-order valence-electron chi connectivity index (χ4n) is 2.96. The van der Waals surface area contributed by atoms with E-state index in [4.69, 9.17) is 4.74 Å². The molecular weight excluding hydrogens is 402 g/mol. The first-order valence-electron chi connectivity index (χ1n) is 8.73. The standard InChI is InChI=1S/C20H20F2N2O4S/c1-4-10-24-16-11-13(8-9-17(16)28-12-20(2,3)19(24)25)23-29(26,27)18-14(21)6-5-7-15(18)22/h4-9,11,23H,1,10,12H2,2-3H3. The second-order valence-corrected chi connectivity index (χ2v) is 8.84. The first kappa shape index (κ1) is 20.8. The summed E-state index contributed by atoms with van der Waals surface area (Å²) in [7, 11) is -4.54. The Morgan fingerprint density at radius 3 is 2.52 bits per heavy atom. The van der Waals surface area contributed by atoms with Crippen LogP contribution in [0.5, 0.6) is 5.75 Å². The Kier molecular flexibility index (Phi) is 5.36. The largest absolute Gasteiger partial charge is 0.490 e. The number of hydrogen-bond donors (Lipinski definition) is 1. The summed E-state index contributed by atoms with van der Waals surface area (Å²) >= 11 is 0. The second-order valence-electron chi connectivity index (χ2n) is 7.22. The van der Waals surface area contributed by atoms with E-state index in [1.165, 1.54) is 29.2 Å². The summed E-state index contributed by atoms with van der Waals surface area (Å²) in [5.74, 6) is -2.26. The maximum atomic E-state index is 13.9. The molecule has 29 heavy (non-hydrogen) atoms. The highest BCUT2D eigenvalue weighted by molar-refractivity contribution is 7.92. The molecular formula is C20H20F2N2O4S. The highest BCUT2D eigenvalue weighted by Gasteiger charge is 2.37. The number of carbonyl (C=O) groups is 1. The molecule has 0 aromatic heterocycles. The van der Waals surface area contributed by atoms with Gasteiger partial charge < -0.3 is 9.64 Å². The minimum atomic E-state index is -4.54. The van der Waals surface area contributed by atoms with Gasteiger partial charge in [-0.25, -0.2) is 17.2 Å². The normalized spacial score (nSPS) is 15.9. The summed E-state index contributed by atoms with van der Waals surface area (Å²) in [5.41, 5.74) is -0.455. The summed E-state index contributed by atoms with van der Waals surface area (Å²) in [5, 5.41) is 0. The molecule has 3 rings (SSSR count). The molecule has 2 aromatic carbocycles. The number of nitrogens with zero attached hydrogens (tertiary/aromatic N) is 1. The third-order valence-corrected chi connectivity index (χ3v) is 5.85. The molecule has 1 amide bonds. The monoisotopic (exact) mass is 422 g/mol. The van der Waals surface area contributed by atoms with Gasteiger partial charge in [0, 0.05) is 6.54 Å². The number of amides is 1. The molecule has 0 radical (unpaired) electrons. The van der Waals surface area contributed by atoms with Gasteiger partial charge in [-0.05, 0) is 44.2 Å². The molecule has 1 heterocycles. The van der Waals surface area contributed by atoms with Gasteiger partial charge >= 0.3 is 0 Å². The molecule has 0 bridgehead atoms. The third kappa shape index (κ3) is 3.95. The minimum Gasteiger partial charge on any atom is -0.490 e. The van der Waals surface area contributed by atoms with Crippen LogP contribution in [-0.2, 0) is 14.8 Å². The zero-order chi connectivity index (χ0) is 21.4. The zero-order valence-electron chi connectivity index (χ0n) is 15.9. The van der Waals surface area contributed by atoms with E-state index in [1.54, 1.807) is 13.8 Å². The molecule has 9 heteroatoms. The molecule has 1 aliphatic heterocycles. The van der Waals surface area contributed by atoms with Crippen LogP contribution in [0, 0.1) is 17.0 Å². The Balaban J connectivity index is 2.03. The Bertz CT molecular complexity index is 1060. The van der Waals surface area contributed by atoms with Crippen molar-refractivity contribution in [2.24, 2.45) is 5.41 Å². The topological polar surface area (TPSA) is 75.7 Å². The van der Waals surface area contributed by atoms with Gasteiger partial charge in [0.2, 0.25) is 5.91 Å². The lowest BCUT2D eigenvalue weighted by atomic mass is 9.93. The van der Waals surface area contributed by atoms with Gasteiger partial charge in [0.15, 0.2) is 4.90 Å². The van der Waals surface area contributed by atoms with Crippen molar-refractivity contribution >= 4 is 27.3 Å². The molecule has 0 saturated carbocycles. The highest BCUT2D eigenvalue weighted by Crippen LogP contribution is 2.38. The maximum Gasteiger partial charge on any atom is 0.267 e. The number of anilines is 2. The average molecular weight is 422 g/mol. The first-order chi connectivity index (χ1) is 13.6. The van der Waals surface area contributed by atoms with Crippen LogP contribution in [0.1, 0.15) is 13.8 Å². The average Bonchev–Trinajstić information content (AvgIpc) is 2.71. The lowest BCUT2D eigenvalue weighted by molar-refractivity contribution is -0.127. The van der Waals surface area contributed by atoms with E-state index >= 15 is 0 Å². The summed E-state index contributed by atoms with van der Waals surface area (Å²) in [4.78, 5) is 13.2. The molecule has 6 nitrogen and oxygen atoms in total. The summed E-state index contributed by atoms with van der Waals surface area (Å²) in [6.45, 7) is 7.44. The highest BCUT2D eigenvalue weighted by atomic mass is 32.2. The molecule has 0 atom stereocenters. The smallest absolute Gasteiger partial charge is 0.267 e. The third-order valence-electron chi connectivity index (χ3n) is 4.41. The molecule has 0 aliphatic carbocycles. The van der Waals surface area contributed by atoms with E-state index in [0.717, 1.165) is 18.2 Å². The Morgan fingerprint density at radius 1 is 1.24 bits per heavy atom. The number of rotatable bonds is 5. The number of sulfonamides is 1. The Morgan fingerprint density at radius 2 is 1.90 bits per heavy atom. The van der Waals surface area contributed by atoms with E-state index in [-0.39, 0.29) is 24.7 Å². The minimum absolute atomic E-state index is 0.0246. The van der Waals surface area contributed by atoms with Crippen molar-refractivity contribution in [2.75, 3.05) is 22.8 Å². The van der Waals surface area contributed by atoms with Crippen LogP contribution in [0.25, 0.3) is 0 Å². The fourth-order valence-corrected chi connectivity index (χ4v) is 4.15. The van der Waals surface area contributed by atoms with E-state index in [1.807, 2.05) is 0 Å². The van der Waals surface area contributed by atoms with Crippen LogP contribution >= 0.6 is 0 Å². The number of ether oxygens (including phenoxy) is 1. The van der Waals surface area contributed by atoms with Crippen LogP contribution in [0.3, 0.4) is 0 Å². The Labute approximate surface area is 167 Å². The molecule has 0 saturated heterocycles. The van der Waals surface area contributed by atoms with E-state index in [2.05, 4.69) is 11.3 Å². The summed E-state index contributed by atoms with van der Waals surface area (Å²) in [6, 6.07) is 7.06. The van der Waals surface area contributed by atoms with Crippen LogP contribution in [0.15, 0.2) is 53.9 Å². The quantitative estimate of drug-likeness (QED) is 0.746. The van der Waals surface area contributed by atoms with Crippen molar-refractivity contribution in [3.05, 3.63) is 60.7 Å². The molecule has 0 fully saturated rings. The van der Waals surface area contributed by atoms with Gasteiger partial charge in [0.05, 0.1) is 16.8 Å². The van der Waals surface area contributed by atoms with E-state index in [9.17, 15) is 22.0 Å². The zero-order valence-corrected chi connectivity index (χ0v) is 16.7. The lowest BCUT2D eigenvalue weighted by Gasteiger charge is -2.27. The predicted octanol–water partition coefficient (Wildman–Crippen LogP) is 3.70. The van der Waals surface area contributed by atoms with Crippen molar-refractivity contribution < 1.29 is 26.7 Å². The van der Waals surface area contributed by atoms with Crippen LogP contribution in [-0.4, -0.2) is 27.5 Å². The lowest BCUT2D eigenvalue weighted by Crippen LogP contribution is -2.42. The van der Waals surface area contributed by atoms with Crippen LogP contribution < -0.4 is 14.4 Å². The van der Waals surface area contributed by atoms with E-state index in [0.29, 0.717) is 11.4 Å². The van der Waals surface area contributed by atoms with Gasteiger partial charge in [-0.15, -0.1) is 6.58 Å². The summed E-state index contributed by atoms with van der Waals surface area (Å²) < 4.78 is 60.8. The van der Waals surface area contributed by atoms with Gasteiger partial charge in [0.1, 0.15) is 24.0 Å². The van der Waals surface area contributed by atoms with Crippen molar-refractivity contribution in [1.29, 1.82) is 0 Å². The molecule has 154 valence electrons. The van der Waals surface area contributed by atoms with Gasteiger partial charge in [-0.3, -0.25) is 9.52 Å². The SMILES string of the molecule is C=CCN1C(=O)C(C)(C)COc2ccc(NS(=O)(=O)c3c(F)cccc3F)cc21. The van der Waals surface area contributed by atoms with Crippen molar-refractivity contribution in [3.63, 3.8) is 0 Å². The second kappa shape index (κ2) is 7.47. The number of nitrogens with one attached hydrogen (secondary N) is 1. The first-order valence-corrected chi connectivity index (χ1v) is 10.2. The van der Waals surface area contributed by atoms with Crippen molar-refractivity contribution in [1.82, 2.24) is 0 Å². The molecule has 0 unspecified atom stereocenters. The van der Waals surface area contributed by atoms with Crippen LogP contribution in [0.4, 0.5) is 20.2 Å². The number of fused-ring (bicyclic) bond motifs is 1. The number of hydrogen-bond acceptors (Lipinski definition) is 4. The fraction of sp³-hybridized carbons (Fsp3) is 0.250. The van der Waals surface area contributed by atoms with Crippen molar-refractivity contribution in [3.8, 4) is 5.75 Å². The molecule has 0 spiro atoms. The predicted molar refractivity (Wildman–Crippen MR) is 105 cm³/mol. The summed E-state index contributed by atoms with van der Waals surface area (Å²) in [6.07, 6.45) is 1.54. The van der Waals surface area contributed by atoms with Gasteiger partial charge in [-0.1, -0.05) is 12.1 Å². The molecule has 1 aliphatic rings.